The highest BCUT2D eigenvalue weighted by molar-refractivity contribution is 5.99. The topological polar surface area (TPSA) is 448 Å². The Morgan fingerprint density at radius 1 is 0.551 bits per heavy atom. The largest absolute Gasteiger partial charge is 0.490 e. The van der Waals surface area contributed by atoms with Gasteiger partial charge in [-0.25, -0.2) is 9.59 Å². The monoisotopic (exact) mass is 1120 g/mol. The van der Waals surface area contributed by atoms with Crippen LogP contribution in [0.25, 0.3) is 0 Å². The van der Waals surface area contributed by atoms with Gasteiger partial charge in [0.1, 0.15) is 42.3 Å². The molecule has 26 nitrogen and oxygen atoms in total. The molecule has 8 amide bonds. The number of rotatable bonds is 35. The van der Waals surface area contributed by atoms with Crippen LogP contribution in [-0.4, -0.2) is 153 Å². The smallest absolute Gasteiger partial charge is 0.481 e. The number of amides is 8. The summed E-state index contributed by atoms with van der Waals surface area (Å²) in [7, 11) is 0. The maximum absolute atomic E-state index is 14.2. The number of primary amides is 1. The van der Waals surface area contributed by atoms with Gasteiger partial charge in [0, 0.05) is 19.3 Å². The van der Waals surface area contributed by atoms with E-state index in [-0.39, 0.29) is 38.1 Å². The lowest BCUT2D eigenvalue weighted by molar-refractivity contribution is -0.192. The van der Waals surface area contributed by atoms with E-state index in [9.17, 15) is 76.1 Å². The molecule has 440 valence electrons. The third kappa shape index (κ3) is 28.1. The average molecular weight is 1120 g/mol. The number of alkyl halides is 3. The second-order valence-corrected chi connectivity index (χ2v) is 18.9. The first kappa shape index (κ1) is 70.6. The summed E-state index contributed by atoms with van der Waals surface area (Å²) in [5.74, 6) is -15.4. The van der Waals surface area contributed by atoms with Crippen molar-refractivity contribution < 1.29 is 91.1 Å². The van der Waals surface area contributed by atoms with Crippen molar-refractivity contribution in [3.8, 4) is 0 Å². The average Bonchev–Trinajstić information content (AvgIpc) is 3.35. The molecule has 0 radical (unpaired) electrons. The summed E-state index contributed by atoms with van der Waals surface area (Å²) in [6.45, 7) is 10.5. The molecule has 29 heteroatoms. The minimum absolute atomic E-state index is 0.00349. The standard InChI is InChI=1S/C47H76N10O14.C2HF3O2/c1-7-26(5)38(57-46(69)39(27(6)8-2)56-40(63)29(49)17-19-36(59)60)45(68)54-33(24-35(50)58)44(67)53-32(23-28-14-10-9-11-15-28)43(66)52-31(18-20-37(61)62)42(65)51-30(16-12-13-21-48)41(64)55-34(47(70)71)22-25(3)4;3-2(4,5)1(6)7/h9-11,14-15,25-27,29-34,38-39H,7-8,12-13,16-24,48-49H2,1-6H3,(H2,50,58)(H,51,65)(H,52,66)(H,53,67)(H,54,68)(H,55,64)(H,56,63)(H,57,69)(H,59,60)(H,61,62)(H,70,71);(H,6,7)/t26-,27-,29-,30-,31-,32-,33-,34-,38-,39-;/m0./s1. The van der Waals surface area contributed by atoms with E-state index in [4.69, 9.17) is 32.2 Å². The predicted molar refractivity (Wildman–Crippen MR) is 272 cm³/mol. The molecule has 10 atom stereocenters. The van der Waals surface area contributed by atoms with Crippen LogP contribution in [0, 0.1) is 17.8 Å². The lowest BCUT2D eigenvalue weighted by Crippen LogP contribution is -2.62. The van der Waals surface area contributed by atoms with Crippen LogP contribution in [0.5, 0.6) is 0 Å². The van der Waals surface area contributed by atoms with Crippen molar-refractivity contribution in [1.82, 2.24) is 37.2 Å². The fraction of sp³-hybridized carbons (Fsp3) is 0.633. The number of halogens is 3. The molecule has 17 N–H and O–H groups in total. The quantitative estimate of drug-likeness (QED) is 0.0382. The number of benzene rings is 1. The van der Waals surface area contributed by atoms with E-state index in [0.717, 1.165) is 0 Å². The molecule has 78 heavy (non-hydrogen) atoms. The highest BCUT2D eigenvalue weighted by atomic mass is 19.4. The van der Waals surface area contributed by atoms with Gasteiger partial charge in [-0.15, -0.1) is 0 Å². The van der Waals surface area contributed by atoms with Crippen molar-refractivity contribution in [3.05, 3.63) is 35.9 Å². The van der Waals surface area contributed by atoms with Crippen LogP contribution in [-0.2, 0) is 64.0 Å². The van der Waals surface area contributed by atoms with Crippen LogP contribution < -0.4 is 54.4 Å². The summed E-state index contributed by atoms with van der Waals surface area (Å²) in [4.78, 5) is 153. The first-order chi connectivity index (χ1) is 36.3. The van der Waals surface area contributed by atoms with Crippen LogP contribution >= 0.6 is 0 Å². The van der Waals surface area contributed by atoms with Crippen molar-refractivity contribution in [2.75, 3.05) is 6.54 Å². The number of carboxylic acid groups (broad SMARTS) is 4. The van der Waals surface area contributed by atoms with Crippen molar-refractivity contribution in [1.29, 1.82) is 0 Å². The number of hydrogen-bond donors (Lipinski definition) is 14. The Morgan fingerprint density at radius 3 is 1.40 bits per heavy atom. The molecule has 0 aliphatic rings. The fourth-order valence-electron chi connectivity index (χ4n) is 7.13. The van der Waals surface area contributed by atoms with E-state index in [0.29, 0.717) is 31.2 Å². The lowest BCUT2D eigenvalue weighted by Gasteiger charge is -2.30. The number of carbonyl (C=O) groups is 12. The minimum atomic E-state index is -5.08. The third-order valence-electron chi connectivity index (χ3n) is 12.0. The van der Waals surface area contributed by atoms with Gasteiger partial charge in [-0.3, -0.25) is 47.9 Å². The van der Waals surface area contributed by atoms with Crippen LogP contribution in [0.1, 0.15) is 118 Å². The molecule has 0 saturated heterocycles. The van der Waals surface area contributed by atoms with Crippen LogP contribution in [0.15, 0.2) is 30.3 Å². The summed E-state index contributed by atoms with van der Waals surface area (Å²) in [6, 6.07) is -3.23. The van der Waals surface area contributed by atoms with Gasteiger partial charge < -0.3 is 74.8 Å². The Hall–Kier alpha value is -7.43. The molecular weight excluding hydrogens is 1040 g/mol. The Kier molecular flexibility index (Phi) is 32.4. The van der Waals surface area contributed by atoms with E-state index >= 15 is 0 Å². The molecule has 0 aromatic heterocycles. The van der Waals surface area contributed by atoms with Gasteiger partial charge in [0.05, 0.1) is 12.5 Å². The molecule has 0 spiro atoms. The van der Waals surface area contributed by atoms with Crippen molar-refractivity contribution >= 4 is 71.1 Å². The lowest BCUT2D eigenvalue weighted by atomic mass is 9.94. The third-order valence-corrected chi connectivity index (χ3v) is 12.0. The number of aliphatic carboxylic acids is 4. The van der Waals surface area contributed by atoms with E-state index in [2.05, 4.69) is 37.2 Å². The Labute approximate surface area is 449 Å². The number of carboxylic acids is 4. The zero-order chi connectivity index (χ0) is 60.0. The summed E-state index contributed by atoms with van der Waals surface area (Å²) < 4.78 is 31.7. The fourth-order valence-corrected chi connectivity index (χ4v) is 7.13. The van der Waals surface area contributed by atoms with Gasteiger partial charge >= 0.3 is 30.1 Å². The molecule has 1 aromatic carbocycles. The molecule has 0 heterocycles. The predicted octanol–water partition coefficient (Wildman–Crippen LogP) is -0.460. The Balaban J connectivity index is 0.00000788. The minimum Gasteiger partial charge on any atom is -0.481 e. The molecule has 0 aliphatic heterocycles. The van der Waals surface area contributed by atoms with E-state index in [1.807, 2.05) is 0 Å². The highest BCUT2D eigenvalue weighted by Crippen LogP contribution is 2.16. The number of nitrogens with two attached hydrogens (primary N) is 3. The summed E-state index contributed by atoms with van der Waals surface area (Å²) >= 11 is 0. The number of carbonyl (C=O) groups excluding carboxylic acids is 8. The summed E-state index contributed by atoms with van der Waals surface area (Å²) in [5.41, 5.74) is 17.5. The van der Waals surface area contributed by atoms with Crippen LogP contribution in [0.3, 0.4) is 0 Å². The van der Waals surface area contributed by atoms with E-state index in [1.54, 1.807) is 71.9 Å². The van der Waals surface area contributed by atoms with Crippen molar-refractivity contribution in [2.45, 2.75) is 173 Å². The molecule has 0 bridgehead atoms. The molecule has 1 rings (SSSR count). The number of nitrogens with one attached hydrogen (secondary N) is 7. The molecule has 1 aromatic rings. The zero-order valence-corrected chi connectivity index (χ0v) is 44.5. The maximum Gasteiger partial charge on any atom is 0.490 e. The van der Waals surface area contributed by atoms with Gasteiger partial charge in [-0.05, 0) is 68.4 Å². The normalized spacial score (nSPS) is 15.0. The van der Waals surface area contributed by atoms with Crippen LogP contribution in [0.4, 0.5) is 13.2 Å². The zero-order valence-electron chi connectivity index (χ0n) is 44.5. The second kappa shape index (κ2) is 35.8. The SMILES string of the molecule is CC[C@H](C)[C@H](NC(=O)[C@@H](NC(=O)[C@@H](N)CCC(=O)O)[C@@H](C)CC)C(=O)N[C@@H](CC(N)=O)C(=O)N[C@@H](Cc1ccccc1)C(=O)N[C@@H](CCC(=O)O)C(=O)N[C@@H](CCCCN)C(=O)N[C@@H](CC(C)C)C(=O)O.O=C(O)C(F)(F)F. The van der Waals surface area contributed by atoms with Gasteiger partial charge in [0.25, 0.3) is 0 Å². The number of hydrogen-bond acceptors (Lipinski definition) is 14. The first-order valence-electron chi connectivity index (χ1n) is 25.2. The number of unbranched alkanes of at least 4 members (excludes halogenated alkanes) is 1. The van der Waals surface area contributed by atoms with Crippen LogP contribution in [0.2, 0.25) is 0 Å². The van der Waals surface area contributed by atoms with E-state index < -0.39 is 163 Å². The van der Waals surface area contributed by atoms with E-state index in [1.165, 1.54) is 0 Å². The van der Waals surface area contributed by atoms with Crippen molar-refractivity contribution in [2.24, 2.45) is 35.0 Å². The van der Waals surface area contributed by atoms with Crippen molar-refractivity contribution in [3.63, 3.8) is 0 Å². The summed E-state index contributed by atoms with van der Waals surface area (Å²) in [6.07, 6.45) is -6.34. The Morgan fingerprint density at radius 2 is 0.962 bits per heavy atom. The second-order valence-electron chi connectivity index (χ2n) is 18.9. The molecule has 0 unspecified atom stereocenters. The highest BCUT2D eigenvalue weighted by Gasteiger charge is 2.39. The molecular formula is C49H77F3N10O16. The van der Waals surface area contributed by atoms with Gasteiger partial charge in [-0.1, -0.05) is 84.7 Å². The first-order valence-corrected chi connectivity index (χ1v) is 25.2. The molecule has 0 fully saturated rings. The van der Waals surface area contributed by atoms with Gasteiger partial charge in [0.15, 0.2) is 0 Å². The summed E-state index contributed by atoms with van der Waals surface area (Å²) in [5, 5.41) is 53.0. The Bertz CT molecular complexity index is 2190. The van der Waals surface area contributed by atoms with Gasteiger partial charge in [0.2, 0.25) is 47.3 Å². The van der Waals surface area contributed by atoms with Gasteiger partial charge in [-0.2, -0.15) is 13.2 Å². The molecule has 0 saturated carbocycles. The molecule has 0 aliphatic carbocycles. The maximum atomic E-state index is 14.2.